The Kier molecular flexibility index (Phi) is 3.27. The van der Waals surface area contributed by atoms with Crippen molar-refractivity contribution in [2.45, 2.75) is 60.8 Å². The van der Waals surface area contributed by atoms with Crippen LogP contribution in [0.5, 0.6) is 0 Å². The molecule has 0 N–H and O–H groups in total. The molecular weight excluding hydrogens is 292 g/mol. The van der Waals surface area contributed by atoms with Crippen LogP contribution in [0, 0.1) is 34.6 Å². The fourth-order valence-corrected chi connectivity index (χ4v) is 6.02. The Balaban J connectivity index is 2.71. The molecule has 2 aromatic heterocycles. The minimum Gasteiger partial charge on any atom is -0.140 e. The summed E-state index contributed by atoms with van der Waals surface area (Å²) in [5.74, 6) is 0. The first kappa shape index (κ1) is 15.1. The van der Waals surface area contributed by atoms with Crippen molar-refractivity contribution >= 4 is 42.8 Å². The molecule has 0 radical (unpaired) electrons. The zero-order valence-electron chi connectivity index (χ0n) is 14.3. The molecule has 0 bridgehead atoms. The number of fused-ring (bicyclic) bond motifs is 3. The van der Waals surface area contributed by atoms with Gasteiger partial charge in [-0.1, -0.05) is 20.8 Å². The van der Waals surface area contributed by atoms with E-state index < -0.39 is 0 Å². The minimum absolute atomic E-state index is 0.181. The quantitative estimate of drug-likeness (QED) is 0.420. The molecule has 0 saturated heterocycles. The van der Waals surface area contributed by atoms with Crippen molar-refractivity contribution in [2.75, 3.05) is 0 Å². The van der Waals surface area contributed by atoms with Crippen molar-refractivity contribution in [1.29, 1.82) is 0 Å². The summed E-state index contributed by atoms with van der Waals surface area (Å²) in [5, 5.41) is 3.04. The highest BCUT2D eigenvalue weighted by atomic mass is 32.1. The number of aryl methyl sites for hydroxylation is 5. The van der Waals surface area contributed by atoms with Gasteiger partial charge in [-0.15, -0.1) is 22.7 Å². The summed E-state index contributed by atoms with van der Waals surface area (Å²) >= 11 is 3.95. The Morgan fingerprint density at radius 2 is 1.10 bits per heavy atom. The fourth-order valence-electron chi connectivity index (χ4n) is 3.51. The average molecular weight is 317 g/mol. The van der Waals surface area contributed by atoms with Crippen LogP contribution in [-0.4, -0.2) is 0 Å². The highest BCUT2D eigenvalue weighted by molar-refractivity contribution is 7.23. The third-order valence-electron chi connectivity index (χ3n) is 4.71. The lowest BCUT2D eigenvalue weighted by Crippen LogP contribution is -2.14. The molecule has 21 heavy (non-hydrogen) atoms. The van der Waals surface area contributed by atoms with Crippen molar-refractivity contribution in [1.82, 2.24) is 0 Å². The fraction of sp³-hybridized carbons (Fsp3) is 0.474. The Bertz CT molecular complexity index is 867. The van der Waals surface area contributed by atoms with Crippen LogP contribution in [-0.2, 0) is 5.41 Å². The smallest absolute Gasteiger partial charge is 0.0441 e. The summed E-state index contributed by atoms with van der Waals surface area (Å²) in [6.07, 6.45) is 0. The first-order valence-electron chi connectivity index (χ1n) is 7.57. The SMILES string of the molecule is Cc1sc2c(c1C)c(C(C)(C)C)c(C)c1sc(C)c(C)c12. The molecule has 0 saturated carbocycles. The molecule has 112 valence electrons. The van der Waals surface area contributed by atoms with Crippen LogP contribution < -0.4 is 0 Å². The number of hydrogen-bond donors (Lipinski definition) is 0. The van der Waals surface area contributed by atoms with Crippen LogP contribution in [0.3, 0.4) is 0 Å². The van der Waals surface area contributed by atoms with Gasteiger partial charge in [0.2, 0.25) is 0 Å². The molecule has 0 amide bonds. The van der Waals surface area contributed by atoms with Gasteiger partial charge >= 0.3 is 0 Å². The van der Waals surface area contributed by atoms with Gasteiger partial charge in [-0.3, -0.25) is 0 Å². The van der Waals surface area contributed by atoms with Crippen molar-refractivity contribution in [3.05, 3.63) is 32.0 Å². The van der Waals surface area contributed by atoms with Gasteiger partial charge in [-0.05, 0) is 62.3 Å². The lowest BCUT2D eigenvalue weighted by atomic mass is 9.80. The molecule has 0 aliphatic rings. The van der Waals surface area contributed by atoms with E-state index in [4.69, 9.17) is 0 Å². The van der Waals surface area contributed by atoms with Gasteiger partial charge in [0.05, 0.1) is 0 Å². The number of rotatable bonds is 0. The molecule has 0 fully saturated rings. The van der Waals surface area contributed by atoms with E-state index in [1.807, 2.05) is 22.7 Å². The third kappa shape index (κ3) is 1.99. The molecule has 0 nitrogen and oxygen atoms in total. The lowest BCUT2D eigenvalue weighted by Gasteiger charge is -2.24. The van der Waals surface area contributed by atoms with Crippen LogP contribution >= 0.6 is 22.7 Å². The van der Waals surface area contributed by atoms with E-state index in [-0.39, 0.29) is 5.41 Å². The summed E-state index contributed by atoms with van der Waals surface area (Å²) in [7, 11) is 0. The van der Waals surface area contributed by atoms with E-state index in [9.17, 15) is 0 Å². The van der Waals surface area contributed by atoms with E-state index in [0.717, 1.165) is 0 Å². The summed E-state index contributed by atoms with van der Waals surface area (Å²) in [6.45, 7) is 18.5. The Morgan fingerprint density at radius 3 is 1.62 bits per heavy atom. The van der Waals surface area contributed by atoms with Gasteiger partial charge in [0, 0.05) is 29.9 Å². The van der Waals surface area contributed by atoms with E-state index in [1.54, 1.807) is 5.56 Å². The zero-order chi connectivity index (χ0) is 15.7. The molecule has 1 aromatic carbocycles. The van der Waals surface area contributed by atoms with Gasteiger partial charge in [0.15, 0.2) is 0 Å². The van der Waals surface area contributed by atoms with Crippen molar-refractivity contribution in [3.63, 3.8) is 0 Å². The van der Waals surface area contributed by atoms with Gasteiger partial charge in [-0.25, -0.2) is 0 Å². The van der Waals surface area contributed by atoms with E-state index >= 15 is 0 Å². The molecule has 0 atom stereocenters. The van der Waals surface area contributed by atoms with Gasteiger partial charge < -0.3 is 0 Å². The van der Waals surface area contributed by atoms with E-state index in [1.165, 1.54) is 46.6 Å². The molecule has 2 heterocycles. The monoisotopic (exact) mass is 316 g/mol. The Labute approximate surface area is 135 Å². The van der Waals surface area contributed by atoms with E-state index in [0.29, 0.717) is 0 Å². The van der Waals surface area contributed by atoms with Crippen molar-refractivity contribution in [2.24, 2.45) is 0 Å². The second-order valence-corrected chi connectivity index (χ2v) is 9.67. The molecular formula is C19H24S2. The average Bonchev–Trinajstić information content (AvgIpc) is 2.80. The molecule has 3 rings (SSSR count). The molecule has 0 unspecified atom stereocenters. The number of thiophene rings is 2. The van der Waals surface area contributed by atoms with Crippen LogP contribution in [0.25, 0.3) is 20.2 Å². The second kappa shape index (κ2) is 4.57. The molecule has 0 spiro atoms. The maximum Gasteiger partial charge on any atom is 0.0441 e. The van der Waals surface area contributed by atoms with Gasteiger partial charge in [-0.2, -0.15) is 0 Å². The first-order chi connectivity index (χ1) is 9.64. The number of hydrogen-bond acceptors (Lipinski definition) is 2. The lowest BCUT2D eigenvalue weighted by molar-refractivity contribution is 0.593. The molecule has 0 aliphatic carbocycles. The number of benzene rings is 1. The largest absolute Gasteiger partial charge is 0.140 e. The van der Waals surface area contributed by atoms with Crippen molar-refractivity contribution < 1.29 is 0 Å². The Morgan fingerprint density at radius 1 is 0.619 bits per heavy atom. The topological polar surface area (TPSA) is 0 Å². The van der Waals surface area contributed by atoms with Crippen LogP contribution in [0.1, 0.15) is 52.8 Å². The highest BCUT2D eigenvalue weighted by Crippen LogP contribution is 2.48. The van der Waals surface area contributed by atoms with Gasteiger partial charge in [0.1, 0.15) is 0 Å². The molecule has 0 aliphatic heterocycles. The summed E-state index contributed by atoms with van der Waals surface area (Å²) < 4.78 is 3.01. The summed E-state index contributed by atoms with van der Waals surface area (Å²) in [5.41, 5.74) is 6.18. The Hall–Kier alpha value is -0.860. The highest BCUT2D eigenvalue weighted by Gasteiger charge is 2.26. The van der Waals surface area contributed by atoms with E-state index in [2.05, 4.69) is 55.4 Å². The van der Waals surface area contributed by atoms with Gasteiger partial charge in [0.25, 0.3) is 0 Å². The maximum absolute atomic E-state index is 2.35. The normalized spacial score (nSPS) is 12.8. The van der Waals surface area contributed by atoms with Crippen LogP contribution in [0.15, 0.2) is 0 Å². The predicted molar refractivity (Wildman–Crippen MR) is 99.6 cm³/mol. The zero-order valence-corrected chi connectivity index (χ0v) is 15.9. The molecule has 2 heteroatoms. The predicted octanol–water partition coefficient (Wildman–Crippen LogP) is 6.96. The summed E-state index contributed by atoms with van der Waals surface area (Å²) in [6, 6.07) is 0. The van der Waals surface area contributed by atoms with Crippen molar-refractivity contribution in [3.8, 4) is 0 Å². The third-order valence-corrected chi connectivity index (χ3v) is 7.26. The first-order valence-corrected chi connectivity index (χ1v) is 9.20. The second-order valence-electron chi connectivity index (χ2n) is 7.22. The summed E-state index contributed by atoms with van der Waals surface area (Å²) in [4.78, 5) is 2.93. The standard InChI is InChI=1S/C19H24S2/c1-9-12(4)21-18-14(9)16(19(6,7)8)11(3)17-15(18)10(2)13(5)20-17/h1-8H3. The minimum atomic E-state index is 0.181. The van der Waals surface area contributed by atoms with Crippen LogP contribution in [0.4, 0.5) is 0 Å². The molecule has 3 aromatic rings. The maximum atomic E-state index is 2.35. The van der Waals surface area contributed by atoms with Crippen LogP contribution in [0.2, 0.25) is 0 Å².